The van der Waals surface area contributed by atoms with Gasteiger partial charge in [-0.3, -0.25) is 4.90 Å². The fourth-order valence-electron chi connectivity index (χ4n) is 4.39. The summed E-state index contributed by atoms with van der Waals surface area (Å²) in [6.07, 6.45) is 8.74. The van der Waals surface area contributed by atoms with Crippen LogP contribution in [0.1, 0.15) is 69.7 Å². The minimum absolute atomic E-state index is 0.552. The Kier molecular flexibility index (Phi) is 9.43. The van der Waals surface area contributed by atoms with E-state index in [0.29, 0.717) is 6.61 Å². The number of hydrogen-bond donors (Lipinski definition) is 1. The molecule has 1 N–H and O–H groups in total. The minimum Gasteiger partial charge on any atom is -0.487 e. The number of benzene rings is 2. The maximum absolute atomic E-state index is 6.19. The fraction of sp³-hybridized carbons (Fsp3) is 0.448. The molecule has 3 nitrogen and oxygen atoms in total. The number of aryl methyl sites for hydroxylation is 1. The summed E-state index contributed by atoms with van der Waals surface area (Å²) >= 11 is 0. The lowest BCUT2D eigenvalue weighted by Gasteiger charge is -2.28. The Hall–Kier alpha value is -2.52. The minimum atomic E-state index is 0.552. The number of nitrogens with one attached hydrogen (secondary N) is 1. The van der Waals surface area contributed by atoms with Gasteiger partial charge in [0.05, 0.1) is 5.69 Å². The van der Waals surface area contributed by atoms with Crippen LogP contribution in [0.4, 0.5) is 0 Å². The standard InChI is InChI=1S/C27H34N2O.C2H6/c1-3-4-10-22(19-29-17-8-5-9-18-29)27-24-11-6-7-12-25(24)28-26(27)20-30-23-15-13-21(2)14-16-23;1-2/h6-7,10-16,28H,3-5,8-9,17-20H2,1-2H3;1-2H3/b22-10+;. The summed E-state index contributed by atoms with van der Waals surface area (Å²) in [5.41, 5.74) is 6.41. The number of H-pyrrole nitrogens is 1. The van der Waals surface area contributed by atoms with E-state index in [1.54, 1.807) is 0 Å². The molecule has 3 heteroatoms. The predicted molar refractivity (Wildman–Crippen MR) is 138 cm³/mol. The van der Waals surface area contributed by atoms with E-state index in [4.69, 9.17) is 4.74 Å². The molecule has 0 atom stereocenters. The fourth-order valence-corrected chi connectivity index (χ4v) is 4.39. The average Bonchev–Trinajstić information content (AvgIpc) is 3.21. The molecule has 0 amide bonds. The van der Waals surface area contributed by atoms with Gasteiger partial charge < -0.3 is 9.72 Å². The van der Waals surface area contributed by atoms with Crippen LogP contribution in [-0.4, -0.2) is 29.5 Å². The molecule has 1 aliphatic rings. The van der Waals surface area contributed by atoms with Gasteiger partial charge in [-0.05, 0) is 63.0 Å². The predicted octanol–water partition coefficient (Wildman–Crippen LogP) is 7.75. The van der Waals surface area contributed by atoms with Crippen molar-refractivity contribution in [2.24, 2.45) is 0 Å². The third-order valence-corrected chi connectivity index (χ3v) is 6.03. The molecule has 0 saturated carbocycles. The Morgan fingerprint density at radius 2 is 1.72 bits per heavy atom. The van der Waals surface area contributed by atoms with Crippen molar-refractivity contribution in [1.29, 1.82) is 0 Å². The number of ether oxygens (including phenoxy) is 1. The van der Waals surface area contributed by atoms with Crippen LogP contribution in [0.15, 0.2) is 54.6 Å². The van der Waals surface area contributed by atoms with Crippen LogP contribution < -0.4 is 4.74 Å². The maximum Gasteiger partial charge on any atom is 0.129 e. The van der Waals surface area contributed by atoms with Crippen molar-refractivity contribution in [2.45, 2.75) is 66.4 Å². The van der Waals surface area contributed by atoms with E-state index in [9.17, 15) is 0 Å². The summed E-state index contributed by atoms with van der Waals surface area (Å²) in [7, 11) is 0. The molecule has 2 heterocycles. The molecule has 1 saturated heterocycles. The van der Waals surface area contributed by atoms with Crippen molar-refractivity contribution in [2.75, 3.05) is 19.6 Å². The second kappa shape index (κ2) is 12.5. The number of rotatable bonds is 8. The summed E-state index contributed by atoms with van der Waals surface area (Å²) in [6, 6.07) is 17.0. The zero-order chi connectivity index (χ0) is 22.8. The molecular formula is C29H40N2O. The van der Waals surface area contributed by atoms with Crippen LogP contribution in [-0.2, 0) is 6.61 Å². The van der Waals surface area contributed by atoms with Crippen LogP contribution >= 0.6 is 0 Å². The molecule has 0 aliphatic carbocycles. The first-order valence-corrected chi connectivity index (χ1v) is 12.5. The van der Waals surface area contributed by atoms with E-state index in [1.807, 2.05) is 13.8 Å². The second-order valence-corrected chi connectivity index (χ2v) is 8.48. The first-order chi connectivity index (χ1) is 15.7. The quantitative estimate of drug-likeness (QED) is 0.394. The zero-order valence-corrected chi connectivity index (χ0v) is 20.4. The van der Waals surface area contributed by atoms with Crippen LogP contribution in [0.3, 0.4) is 0 Å². The highest BCUT2D eigenvalue weighted by Crippen LogP contribution is 2.31. The molecule has 0 spiro atoms. The van der Waals surface area contributed by atoms with Gasteiger partial charge in [0.25, 0.3) is 0 Å². The molecule has 0 bridgehead atoms. The number of aromatic amines is 1. The lowest BCUT2D eigenvalue weighted by atomic mass is 9.98. The van der Waals surface area contributed by atoms with E-state index >= 15 is 0 Å². The van der Waals surface area contributed by atoms with Crippen molar-refractivity contribution in [1.82, 2.24) is 9.88 Å². The van der Waals surface area contributed by atoms with Crippen LogP contribution in [0, 0.1) is 6.92 Å². The van der Waals surface area contributed by atoms with Gasteiger partial charge in [-0.15, -0.1) is 0 Å². The van der Waals surface area contributed by atoms with E-state index in [-0.39, 0.29) is 0 Å². The summed E-state index contributed by atoms with van der Waals surface area (Å²) in [5, 5.41) is 1.30. The monoisotopic (exact) mass is 432 g/mol. The molecule has 1 fully saturated rings. The van der Waals surface area contributed by atoms with Crippen molar-refractivity contribution in [3.8, 4) is 5.75 Å². The van der Waals surface area contributed by atoms with Crippen molar-refractivity contribution >= 4 is 16.5 Å². The largest absolute Gasteiger partial charge is 0.487 e. The topological polar surface area (TPSA) is 28.3 Å². The number of unbranched alkanes of at least 4 members (excludes halogenated alkanes) is 1. The van der Waals surface area contributed by atoms with E-state index in [2.05, 4.69) is 78.3 Å². The smallest absolute Gasteiger partial charge is 0.129 e. The molecule has 4 rings (SSSR count). The molecule has 172 valence electrons. The molecule has 32 heavy (non-hydrogen) atoms. The second-order valence-electron chi connectivity index (χ2n) is 8.48. The highest BCUT2D eigenvalue weighted by molar-refractivity contribution is 5.94. The van der Waals surface area contributed by atoms with Gasteiger partial charge >= 0.3 is 0 Å². The number of allylic oxidation sites excluding steroid dienone is 1. The van der Waals surface area contributed by atoms with Crippen molar-refractivity contribution < 1.29 is 4.74 Å². The highest BCUT2D eigenvalue weighted by Gasteiger charge is 2.19. The Morgan fingerprint density at radius 3 is 2.44 bits per heavy atom. The third kappa shape index (κ3) is 6.26. The van der Waals surface area contributed by atoms with Gasteiger partial charge in [-0.1, -0.05) is 75.6 Å². The first kappa shape index (κ1) is 24.1. The van der Waals surface area contributed by atoms with Crippen LogP contribution in [0.25, 0.3) is 16.5 Å². The third-order valence-electron chi connectivity index (χ3n) is 6.03. The number of para-hydroxylation sites is 1. The lowest BCUT2D eigenvalue weighted by molar-refractivity contribution is 0.254. The maximum atomic E-state index is 6.19. The average molecular weight is 433 g/mol. The van der Waals surface area contributed by atoms with Crippen LogP contribution in [0.5, 0.6) is 5.75 Å². The Bertz CT molecular complexity index is 978. The summed E-state index contributed by atoms with van der Waals surface area (Å²) in [4.78, 5) is 6.28. The Balaban J connectivity index is 0.00000141. The molecular weight excluding hydrogens is 392 g/mol. The number of nitrogens with zero attached hydrogens (tertiary/aromatic N) is 1. The lowest BCUT2D eigenvalue weighted by Crippen LogP contribution is -2.31. The molecule has 1 aliphatic heterocycles. The van der Waals surface area contributed by atoms with Gasteiger partial charge in [0.1, 0.15) is 12.4 Å². The van der Waals surface area contributed by atoms with Crippen molar-refractivity contribution in [3.05, 3.63) is 71.4 Å². The summed E-state index contributed by atoms with van der Waals surface area (Å²) in [5.74, 6) is 0.917. The highest BCUT2D eigenvalue weighted by atomic mass is 16.5. The van der Waals surface area contributed by atoms with Gasteiger partial charge in [0.15, 0.2) is 0 Å². The van der Waals surface area contributed by atoms with Gasteiger partial charge in [-0.2, -0.15) is 0 Å². The molecule has 2 aromatic carbocycles. The van der Waals surface area contributed by atoms with Gasteiger partial charge in [0.2, 0.25) is 0 Å². The van der Waals surface area contributed by atoms with Gasteiger partial charge in [-0.25, -0.2) is 0 Å². The summed E-state index contributed by atoms with van der Waals surface area (Å²) < 4.78 is 6.19. The molecule has 0 radical (unpaired) electrons. The van der Waals surface area contributed by atoms with Crippen molar-refractivity contribution in [3.63, 3.8) is 0 Å². The number of piperidine rings is 1. The molecule has 0 unspecified atom stereocenters. The van der Waals surface area contributed by atoms with E-state index in [1.165, 1.54) is 72.1 Å². The summed E-state index contributed by atoms with van der Waals surface area (Å²) in [6.45, 7) is 12.4. The van der Waals surface area contributed by atoms with E-state index in [0.717, 1.165) is 18.7 Å². The van der Waals surface area contributed by atoms with Crippen LogP contribution in [0.2, 0.25) is 0 Å². The Labute approximate surface area is 194 Å². The van der Waals surface area contributed by atoms with E-state index < -0.39 is 0 Å². The Morgan fingerprint density at radius 1 is 1.00 bits per heavy atom. The number of aromatic nitrogens is 1. The number of hydrogen-bond acceptors (Lipinski definition) is 2. The normalized spacial score (nSPS) is 14.8. The molecule has 1 aromatic heterocycles. The first-order valence-electron chi connectivity index (χ1n) is 12.5. The number of fused-ring (bicyclic) bond motifs is 1. The number of likely N-dealkylation sites (tertiary alicyclic amines) is 1. The molecule has 3 aromatic rings. The SMILES string of the molecule is CC.CCC/C=C(\CN1CCCCC1)c1c(COc2ccc(C)cc2)[nH]c2ccccc12. The zero-order valence-electron chi connectivity index (χ0n) is 20.4. The van der Waals surface area contributed by atoms with Gasteiger partial charge in [0, 0.05) is 23.0 Å².